The lowest BCUT2D eigenvalue weighted by atomic mass is 10.1. The molecule has 1 amide bonds. The Bertz CT molecular complexity index is 919. The molecule has 0 aliphatic carbocycles. The Hall–Kier alpha value is -3.21. The molecule has 0 bridgehead atoms. The van der Waals surface area contributed by atoms with E-state index in [1.807, 2.05) is 17.9 Å². The van der Waals surface area contributed by atoms with Crippen molar-refractivity contribution in [2.45, 2.75) is 20.5 Å². The van der Waals surface area contributed by atoms with Crippen LogP contribution >= 0.6 is 0 Å². The lowest BCUT2D eigenvalue weighted by Gasteiger charge is -2.36. The molecule has 0 atom stereocenters. The van der Waals surface area contributed by atoms with Gasteiger partial charge in [-0.2, -0.15) is 14.0 Å². The third-order valence-corrected chi connectivity index (χ3v) is 4.66. The Balaban J connectivity index is 1.75. The number of rotatable bonds is 4. The molecule has 0 N–H and O–H groups in total. The van der Waals surface area contributed by atoms with Crippen molar-refractivity contribution in [1.82, 2.24) is 9.88 Å². The third-order valence-electron chi connectivity index (χ3n) is 4.66. The first-order valence-corrected chi connectivity index (χ1v) is 8.87. The molecule has 3 rings (SSSR count). The SMILES string of the molecule is Cc1cc(N2CCN(C(=O)c3ccccc3OC(F)F)CC2)c(C#N)c(C)n1. The zero-order chi connectivity index (χ0) is 20.3. The van der Waals surface area contributed by atoms with Gasteiger partial charge in [-0.25, -0.2) is 0 Å². The van der Waals surface area contributed by atoms with E-state index < -0.39 is 6.61 Å². The topological polar surface area (TPSA) is 69.5 Å². The maximum atomic E-state index is 12.8. The molecule has 8 heteroatoms. The smallest absolute Gasteiger partial charge is 0.387 e. The van der Waals surface area contributed by atoms with Crippen molar-refractivity contribution in [3.05, 3.63) is 52.8 Å². The van der Waals surface area contributed by atoms with E-state index in [0.717, 1.165) is 11.4 Å². The van der Waals surface area contributed by atoms with Crippen molar-refractivity contribution < 1.29 is 18.3 Å². The molecule has 1 aromatic carbocycles. The molecule has 2 aromatic rings. The van der Waals surface area contributed by atoms with E-state index in [4.69, 9.17) is 0 Å². The highest BCUT2D eigenvalue weighted by molar-refractivity contribution is 5.97. The van der Waals surface area contributed by atoms with Crippen LogP contribution in [0.2, 0.25) is 0 Å². The van der Waals surface area contributed by atoms with Crippen LogP contribution in [0.5, 0.6) is 5.75 Å². The van der Waals surface area contributed by atoms with E-state index in [-0.39, 0.29) is 17.2 Å². The highest BCUT2D eigenvalue weighted by Crippen LogP contribution is 2.26. The molecule has 1 aromatic heterocycles. The number of anilines is 1. The first-order valence-electron chi connectivity index (χ1n) is 8.87. The molecule has 0 radical (unpaired) electrons. The summed E-state index contributed by atoms with van der Waals surface area (Å²) in [6.45, 7) is 2.56. The number of alkyl halides is 2. The zero-order valence-corrected chi connectivity index (χ0v) is 15.7. The summed E-state index contributed by atoms with van der Waals surface area (Å²) >= 11 is 0. The lowest BCUT2D eigenvalue weighted by Crippen LogP contribution is -2.49. The van der Waals surface area contributed by atoms with Crippen LogP contribution in [0.3, 0.4) is 0 Å². The van der Waals surface area contributed by atoms with E-state index in [0.29, 0.717) is 37.4 Å². The van der Waals surface area contributed by atoms with Gasteiger partial charge in [0.2, 0.25) is 0 Å². The van der Waals surface area contributed by atoms with Crippen molar-refractivity contribution in [2.75, 3.05) is 31.1 Å². The van der Waals surface area contributed by atoms with Crippen LogP contribution in [0, 0.1) is 25.2 Å². The van der Waals surface area contributed by atoms with Gasteiger partial charge < -0.3 is 14.5 Å². The van der Waals surface area contributed by atoms with Gasteiger partial charge in [0.1, 0.15) is 11.8 Å². The summed E-state index contributed by atoms with van der Waals surface area (Å²) in [7, 11) is 0. The van der Waals surface area contributed by atoms with E-state index in [9.17, 15) is 18.8 Å². The summed E-state index contributed by atoms with van der Waals surface area (Å²) in [6, 6.07) is 10.1. The number of pyridine rings is 1. The van der Waals surface area contributed by atoms with Crippen LogP contribution < -0.4 is 9.64 Å². The number of ether oxygens (including phenoxy) is 1. The zero-order valence-electron chi connectivity index (χ0n) is 15.7. The lowest BCUT2D eigenvalue weighted by molar-refractivity contribution is -0.0502. The Labute approximate surface area is 162 Å². The molecule has 0 spiro atoms. The molecule has 2 heterocycles. The van der Waals surface area contributed by atoms with Crippen molar-refractivity contribution >= 4 is 11.6 Å². The average molecular weight is 386 g/mol. The number of amides is 1. The predicted octanol–water partition coefficient (Wildman–Crippen LogP) is 3.13. The van der Waals surface area contributed by atoms with E-state index in [2.05, 4.69) is 15.8 Å². The van der Waals surface area contributed by atoms with Gasteiger partial charge in [-0.05, 0) is 32.0 Å². The summed E-state index contributed by atoms with van der Waals surface area (Å²) in [5.74, 6) is -0.476. The number of nitrogens with zero attached hydrogens (tertiary/aromatic N) is 4. The molecule has 0 saturated carbocycles. The number of carbonyl (C=O) groups is 1. The standard InChI is InChI=1S/C20H20F2N4O2/c1-13-11-17(16(12-23)14(2)24-13)25-7-9-26(10-8-25)19(27)15-5-3-4-6-18(15)28-20(21)22/h3-6,11,20H,7-10H2,1-2H3. The van der Waals surface area contributed by atoms with Gasteiger partial charge in [0.25, 0.3) is 5.91 Å². The number of hydrogen-bond acceptors (Lipinski definition) is 5. The molecule has 28 heavy (non-hydrogen) atoms. The number of nitriles is 1. The quantitative estimate of drug-likeness (QED) is 0.808. The minimum Gasteiger partial charge on any atom is -0.434 e. The number of piperazine rings is 1. The largest absolute Gasteiger partial charge is 0.434 e. The Morgan fingerprint density at radius 2 is 1.89 bits per heavy atom. The summed E-state index contributed by atoms with van der Waals surface area (Å²) in [5.41, 5.74) is 2.95. The average Bonchev–Trinajstić information content (AvgIpc) is 2.67. The van der Waals surface area contributed by atoms with Crippen LogP contribution in [-0.4, -0.2) is 48.6 Å². The second-order valence-electron chi connectivity index (χ2n) is 6.51. The molecule has 1 saturated heterocycles. The monoisotopic (exact) mass is 386 g/mol. The third kappa shape index (κ3) is 4.03. The highest BCUT2D eigenvalue weighted by atomic mass is 19.3. The molecule has 1 fully saturated rings. The molecular weight excluding hydrogens is 366 g/mol. The fraction of sp³-hybridized carbons (Fsp3) is 0.350. The van der Waals surface area contributed by atoms with Gasteiger partial charge in [-0.3, -0.25) is 9.78 Å². The summed E-state index contributed by atoms with van der Waals surface area (Å²) in [6.07, 6.45) is 0. The van der Waals surface area contributed by atoms with Gasteiger partial charge >= 0.3 is 6.61 Å². The Kier molecular flexibility index (Phi) is 5.73. The Morgan fingerprint density at radius 1 is 1.21 bits per heavy atom. The van der Waals surface area contributed by atoms with Crippen LogP contribution in [0.25, 0.3) is 0 Å². The summed E-state index contributed by atoms with van der Waals surface area (Å²) < 4.78 is 29.7. The number of aromatic nitrogens is 1. The van der Waals surface area contributed by atoms with Crippen molar-refractivity contribution in [3.63, 3.8) is 0 Å². The molecule has 6 nitrogen and oxygen atoms in total. The van der Waals surface area contributed by atoms with Crippen LogP contribution in [0.1, 0.15) is 27.3 Å². The minimum absolute atomic E-state index is 0.115. The maximum absolute atomic E-state index is 12.8. The molecule has 1 aliphatic rings. The summed E-state index contributed by atoms with van der Waals surface area (Å²) in [4.78, 5) is 20.8. The van der Waals surface area contributed by atoms with Gasteiger partial charge in [-0.15, -0.1) is 0 Å². The molecule has 1 aliphatic heterocycles. The van der Waals surface area contributed by atoms with Crippen LogP contribution in [-0.2, 0) is 0 Å². The number of halogens is 2. The van der Waals surface area contributed by atoms with Gasteiger partial charge in [0.05, 0.1) is 22.5 Å². The number of benzene rings is 1. The number of aryl methyl sites for hydroxylation is 2. The first kappa shape index (κ1) is 19.5. The maximum Gasteiger partial charge on any atom is 0.387 e. The van der Waals surface area contributed by atoms with Crippen LogP contribution in [0.15, 0.2) is 30.3 Å². The van der Waals surface area contributed by atoms with Crippen molar-refractivity contribution in [1.29, 1.82) is 5.26 Å². The van der Waals surface area contributed by atoms with Crippen molar-refractivity contribution in [3.8, 4) is 11.8 Å². The number of carbonyl (C=O) groups excluding carboxylic acids is 1. The molecule has 146 valence electrons. The first-order chi connectivity index (χ1) is 13.4. The normalized spacial score (nSPS) is 14.1. The highest BCUT2D eigenvalue weighted by Gasteiger charge is 2.26. The van der Waals surface area contributed by atoms with Gasteiger partial charge in [0.15, 0.2) is 0 Å². The van der Waals surface area contributed by atoms with E-state index in [1.54, 1.807) is 24.0 Å². The van der Waals surface area contributed by atoms with Gasteiger partial charge in [-0.1, -0.05) is 12.1 Å². The minimum atomic E-state index is -2.99. The Morgan fingerprint density at radius 3 is 2.54 bits per heavy atom. The molecular formula is C20H20F2N4O2. The number of para-hydroxylation sites is 1. The van der Waals surface area contributed by atoms with Crippen LogP contribution in [0.4, 0.5) is 14.5 Å². The second kappa shape index (κ2) is 8.21. The second-order valence-corrected chi connectivity index (χ2v) is 6.51. The fourth-order valence-corrected chi connectivity index (χ4v) is 3.36. The predicted molar refractivity (Wildman–Crippen MR) is 99.6 cm³/mol. The molecule has 0 unspecified atom stereocenters. The fourth-order valence-electron chi connectivity index (χ4n) is 3.36. The van der Waals surface area contributed by atoms with E-state index in [1.165, 1.54) is 12.1 Å². The van der Waals surface area contributed by atoms with Gasteiger partial charge in [0, 0.05) is 31.9 Å². The van der Waals surface area contributed by atoms with Crippen molar-refractivity contribution in [2.24, 2.45) is 0 Å². The number of hydrogen-bond donors (Lipinski definition) is 0. The van der Waals surface area contributed by atoms with E-state index >= 15 is 0 Å². The summed E-state index contributed by atoms with van der Waals surface area (Å²) in [5, 5.41) is 9.46.